The maximum absolute atomic E-state index is 13.0. The molecular formula is C16H25O4P. The summed E-state index contributed by atoms with van der Waals surface area (Å²) in [6.45, 7) is 7.86. The minimum absolute atomic E-state index is 0.270. The van der Waals surface area contributed by atoms with E-state index in [1.165, 1.54) is 0 Å². The van der Waals surface area contributed by atoms with E-state index in [9.17, 15) is 9.67 Å². The molecule has 1 N–H and O–H groups in total. The SMILES string of the molecule is CCOP(=O)(OCC)[C@H](C=C(C)C)[C@@H](O)c1ccccc1. The summed E-state index contributed by atoms with van der Waals surface area (Å²) >= 11 is 0. The third-order valence-electron chi connectivity index (χ3n) is 2.95. The van der Waals surface area contributed by atoms with Gasteiger partial charge in [0.2, 0.25) is 0 Å². The molecule has 2 atom stereocenters. The Kier molecular flexibility index (Phi) is 7.33. The molecule has 0 aliphatic carbocycles. The highest BCUT2D eigenvalue weighted by Crippen LogP contribution is 2.57. The Hall–Kier alpha value is -0.930. The van der Waals surface area contributed by atoms with Gasteiger partial charge in [0.05, 0.1) is 19.3 Å². The summed E-state index contributed by atoms with van der Waals surface area (Å²) in [7, 11) is -3.43. The highest BCUT2D eigenvalue weighted by molar-refractivity contribution is 7.54. The minimum Gasteiger partial charge on any atom is -0.387 e. The molecule has 0 heterocycles. The van der Waals surface area contributed by atoms with Gasteiger partial charge in [-0.2, -0.15) is 0 Å². The van der Waals surface area contributed by atoms with Gasteiger partial charge in [-0.1, -0.05) is 42.0 Å². The first kappa shape index (κ1) is 18.1. The second kappa shape index (κ2) is 8.50. The van der Waals surface area contributed by atoms with Crippen molar-refractivity contribution in [2.45, 2.75) is 39.5 Å². The molecule has 0 saturated heterocycles. The Bertz CT molecular complexity index is 484. The molecule has 1 rings (SSSR count). The lowest BCUT2D eigenvalue weighted by atomic mass is 10.1. The molecule has 0 aliphatic rings. The highest BCUT2D eigenvalue weighted by atomic mass is 31.2. The molecule has 0 aliphatic heterocycles. The molecule has 118 valence electrons. The summed E-state index contributed by atoms with van der Waals surface area (Å²) in [6, 6.07) is 9.16. The van der Waals surface area contributed by atoms with Crippen molar-refractivity contribution in [2.75, 3.05) is 13.2 Å². The van der Waals surface area contributed by atoms with Crippen molar-refractivity contribution in [3.8, 4) is 0 Å². The number of aliphatic hydroxyl groups is 1. The Labute approximate surface area is 127 Å². The first-order chi connectivity index (χ1) is 9.94. The van der Waals surface area contributed by atoms with Crippen LogP contribution >= 0.6 is 7.60 Å². The van der Waals surface area contributed by atoms with Gasteiger partial charge in [-0.15, -0.1) is 0 Å². The van der Waals surface area contributed by atoms with E-state index in [0.717, 1.165) is 5.57 Å². The quantitative estimate of drug-likeness (QED) is 0.573. The fourth-order valence-corrected chi connectivity index (χ4v) is 4.25. The van der Waals surface area contributed by atoms with E-state index in [-0.39, 0.29) is 13.2 Å². The minimum atomic E-state index is -3.43. The van der Waals surface area contributed by atoms with Gasteiger partial charge in [-0.3, -0.25) is 4.57 Å². The standard InChI is InChI=1S/C16H25O4P/c1-5-19-21(18,20-6-2)15(12-13(3)4)16(17)14-10-8-7-9-11-14/h7-12,15-17H,5-6H2,1-4H3/t15-,16+/m1/s1. The molecule has 1 aromatic carbocycles. The van der Waals surface area contributed by atoms with Crippen molar-refractivity contribution in [1.29, 1.82) is 0 Å². The van der Waals surface area contributed by atoms with Crippen LogP contribution in [0.3, 0.4) is 0 Å². The third kappa shape index (κ3) is 5.08. The van der Waals surface area contributed by atoms with Gasteiger partial charge in [0, 0.05) is 0 Å². The molecule has 5 heteroatoms. The van der Waals surface area contributed by atoms with Crippen molar-refractivity contribution in [2.24, 2.45) is 0 Å². The Morgan fingerprint density at radius 1 is 1.19 bits per heavy atom. The average Bonchev–Trinajstić information content (AvgIpc) is 2.45. The molecule has 0 aromatic heterocycles. The van der Waals surface area contributed by atoms with Crippen LogP contribution < -0.4 is 0 Å². The fraction of sp³-hybridized carbons (Fsp3) is 0.500. The van der Waals surface area contributed by atoms with E-state index in [4.69, 9.17) is 9.05 Å². The van der Waals surface area contributed by atoms with Crippen molar-refractivity contribution in [1.82, 2.24) is 0 Å². The molecule has 0 fully saturated rings. The van der Waals surface area contributed by atoms with E-state index in [0.29, 0.717) is 5.56 Å². The van der Waals surface area contributed by atoms with Gasteiger partial charge in [-0.25, -0.2) is 0 Å². The predicted octanol–water partition coefficient (Wildman–Crippen LogP) is 4.32. The van der Waals surface area contributed by atoms with Gasteiger partial charge in [0.15, 0.2) is 0 Å². The molecule has 21 heavy (non-hydrogen) atoms. The summed E-state index contributed by atoms with van der Waals surface area (Å²) in [6.07, 6.45) is 0.828. The lowest BCUT2D eigenvalue weighted by Gasteiger charge is -2.28. The number of aliphatic hydroxyl groups excluding tert-OH is 1. The summed E-state index contributed by atoms with van der Waals surface area (Å²) in [4.78, 5) is 0. The average molecular weight is 312 g/mol. The lowest BCUT2D eigenvalue weighted by Crippen LogP contribution is -2.20. The zero-order valence-electron chi connectivity index (χ0n) is 13.2. The van der Waals surface area contributed by atoms with Crippen LogP contribution in [0.1, 0.15) is 39.4 Å². The van der Waals surface area contributed by atoms with E-state index < -0.39 is 19.4 Å². The van der Waals surface area contributed by atoms with Gasteiger partial charge < -0.3 is 14.2 Å². The van der Waals surface area contributed by atoms with E-state index >= 15 is 0 Å². The maximum atomic E-state index is 13.0. The first-order valence-corrected chi connectivity index (χ1v) is 8.82. The van der Waals surface area contributed by atoms with E-state index in [1.807, 2.05) is 32.0 Å². The fourth-order valence-electron chi connectivity index (χ4n) is 2.11. The summed E-state index contributed by atoms with van der Waals surface area (Å²) < 4.78 is 23.8. The van der Waals surface area contributed by atoms with Crippen LogP contribution in [0.5, 0.6) is 0 Å². The Morgan fingerprint density at radius 3 is 2.14 bits per heavy atom. The maximum Gasteiger partial charge on any atom is 0.340 e. The molecule has 0 spiro atoms. The van der Waals surface area contributed by atoms with Crippen molar-refractivity contribution in [3.63, 3.8) is 0 Å². The Balaban J connectivity index is 3.21. The molecule has 0 amide bonds. The number of benzene rings is 1. The molecule has 0 unspecified atom stereocenters. The van der Waals surface area contributed by atoms with Gasteiger partial charge in [0.25, 0.3) is 0 Å². The second-order valence-corrected chi connectivity index (χ2v) is 7.16. The summed E-state index contributed by atoms with van der Waals surface area (Å²) in [5.74, 6) is 0. The summed E-state index contributed by atoms with van der Waals surface area (Å²) in [5.41, 5.74) is 0.930. The monoisotopic (exact) mass is 312 g/mol. The number of hydrogen-bond acceptors (Lipinski definition) is 4. The van der Waals surface area contributed by atoms with Gasteiger partial charge in [-0.05, 0) is 33.3 Å². The van der Waals surface area contributed by atoms with E-state index in [1.54, 1.807) is 32.1 Å². The van der Waals surface area contributed by atoms with E-state index in [2.05, 4.69) is 0 Å². The van der Waals surface area contributed by atoms with Crippen LogP contribution in [0.4, 0.5) is 0 Å². The van der Waals surface area contributed by atoms with Crippen LogP contribution in [0.2, 0.25) is 0 Å². The second-order valence-electron chi connectivity index (χ2n) is 4.97. The topological polar surface area (TPSA) is 55.8 Å². The largest absolute Gasteiger partial charge is 0.387 e. The highest BCUT2D eigenvalue weighted by Gasteiger charge is 2.39. The third-order valence-corrected chi connectivity index (χ3v) is 5.35. The van der Waals surface area contributed by atoms with Crippen LogP contribution in [0.15, 0.2) is 42.0 Å². The van der Waals surface area contributed by atoms with Crippen molar-refractivity contribution >= 4 is 7.60 Å². The van der Waals surface area contributed by atoms with Crippen molar-refractivity contribution in [3.05, 3.63) is 47.5 Å². The Morgan fingerprint density at radius 2 is 1.71 bits per heavy atom. The zero-order valence-corrected chi connectivity index (χ0v) is 14.0. The summed E-state index contributed by atoms with van der Waals surface area (Å²) in [5, 5.41) is 10.6. The van der Waals surface area contributed by atoms with Crippen LogP contribution in [-0.2, 0) is 13.6 Å². The van der Waals surface area contributed by atoms with Crippen LogP contribution in [-0.4, -0.2) is 24.0 Å². The number of hydrogen-bond donors (Lipinski definition) is 1. The number of allylic oxidation sites excluding steroid dienone is 1. The smallest absolute Gasteiger partial charge is 0.340 e. The predicted molar refractivity (Wildman–Crippen MR) is 85.5 cm³/mol. The zero-order chi connectivity index (χ0) is 15.9. The normalized spacial score (nSPS) is 14.5. The molecule has 0 saturated carbocycles. The first-order valence-electron chi connectivity index (χ1n) is 7.21. The van der Waals surface area contributed by atoms with Gasteiger partial charge >= 0.3 is 7.60 Å². The molecule has 0 bridgehead atoms. The van der Waals surface area contributed by atoms with Crippen LogP contribution in [0, 0.1) is 0 Å². The number of rotatable bonds is 8. The molecular weight excluding hydrogens is 287 g/mol. The van der Waals surface area contributed by atoms with Gasteiger partial charge in [0.1, 0.15) is 5.66 Å². The lowest BCUT2D eigenvalue weighted by molar-refractivity contribution is 0.151. The molecule has 4 nitrogen and oxygen atoms in total. The van der Waals surface area contributed by atoms with Crippen LogP contribution in [0.25, 0.3) is 0 Å². The molecule has 0 radical (unpaired) electrons. The van der Waals surface area contributed by atoms with Crippen molar-refractivity contribution < 1.29 is 18.7 Å². The molecule has 1 aromatic rings.